The molecule has 130 valence electrons. The third-order valence-electron chi connectivity index (χ3n) is 5.44. The zero-order valence-electron chi connectivity index (χ0n) is 14.9. The summed E-state index contributed by atoms with van der Waals surface area (Å²) in [5.41, 5.74) is 1.31. The van der Waals surface area contributed by atoms with Crippen molar-refractivity contribution in [2.75, 3.05) is 6.61 Å². The monoisotopic (exact) mass is 334 g/mol. The van der Waals surface area contributed by atoms with E-state index in [1.165, 1.54) is 6.07 Å². The second kappa shape index (κ2) is 5.85. The molecule has 1 aliphatic carbocycles. The lowest BCUT2D eigenvalue weighted by molar-refractivity contribution is -0.147. The summed E-state index contributed by atoms with van der Waals surface area (Å²) in [7, 11) is -0.551. The molecule has 1 fully saturated rings. The Morgan fingerprint density at radius 2 is 1.79 bits per heavy atom. The van der Waals surface area contributed by atoms with Gasteiger partial charge in [-0.15, -0.1) is 0 Å². The quantitative estimate of drug-likeness (QED) is 0.629. The summed E-state index contributed by atoms with van der Waals surface area (Å²) in [6.45, 7) is 10.0. The smallest absolute Gasteiger partial charge is 0.466 e. The Bertz CT molecular complexity index is 655. The van der Waals surface area contributed by atoms with Gasteiger partial charge in [-0.05, 0) is 70.1 Å². The van der Waals surface area contributed by atoms with Crippen LogP contribution in [0.4, 0.5) is 4.39 Å². The van der Waals surface area contributed by atoms with Gasteiger partial charge in [-0.1, -0.05) is 6.07 Å². The van der Waals surface area contributed by atoms with Crippen molar-refractivity contribution in [3.63, 3.8) is 0 Å². The molecule has 0 spiro atoms. The highest BCUT2D eigenvalue weighted by Crippen LogP contribution is 2.38. The Hall–Kier alpha value is -1.40. The highest BCUT2D eigenvalue weighted by Gasteiger charge is 2.52. The van der Waals surface area contributed by atoms with Crippen molar-refractivity contribution >= 4 is 18.6 Å². The van der Waals surface area contributed by atoms with Gasteiger partial charge in [0.1, 0.15) is 5.82 Å². The average Bonchev–Trinajstić information content (AvgIpc) is 3.00. The minimum atomic E-state index is -0.551. The van der Waals surface area contributed by atoms with Crippen molar-refractivity contribution < 1.29 is 23.2 Å². The van der Waals surface area contributed by atoms with Crippen LogP contribution < -0.4 is 5.46 Å². The maximum Gasteiger partial charge on any atom is 0.495 e. The van der Waals surface area contributed by atoms with Crippen molar-refractivity contribution in [3.8, 4) is 0 Å². The number of carbonyl (C=O) groups excluding carboxylic acids is 1. The fourth-order valence-corrected chi connectivity index (χ4v) is 3.33. The van der Waals surface area contributed by atoms with Crippen LogP contribution in [0.25, 0.3) is 0 Å². The van der Waals surface area contributed by atoms with Gasteiger partial charge in [0.25, 0.3) is 0 Å². The molecule has 0 radical (unpaired) electrons. The summed E-state index contributed by atoms with van der Waals surface area (Å²) >= 11 is 0. The van der Waals surface area contributed by atoms with Gasteiger partial charge in [-0.3, -0.25) is 4.79 Å². The van der Waals surface area contributed by atoms with E-state index in [0.29, 0.717) is 25.0 Å². The molecule has 1 aromatic carbocycles. The maximum atomic E-state index is 14.3. The topological polar surface area (TPSA) is 44.8 Å². The SMILES string of the molecule is CCOC(=O)C1Cc2c(F)ccc(B3OC(C)(C)C(C)(C)O3)c2C1. The van der Waals surface area contributed by atoms with Gasteiger partial charge >= 0.3 is 13.1 Å². The Kier molecular flexibility index (Phi) is 4.25. The number of ether oxygens (including phenoxy) is 1. The molecule has 6 heteroatoms. The molecule has 0 saturated carbocycles. The van der Waals surface area contributed by atoms with Crippen LogP contribution in [0.1, 0.15) is 45.7 Å². The fraction of sp³-hybridized carbons (Fsp3) is 0.611. The predicted molar refractivity (Wildman–Crippen MR) is 89.6 cm³/mol. The minimum Gasteiger partial charge on any atom is -0.466 e. The standard InChI is InChI=1S/C18H24BFO4/c1-6-22-16(21)11-9-12-13(10-11)15(20)8-7-14(12)19-23-17(2,3)18(4,5)24-19/h7-8,11H,6,9-10H2,1-5H3. The third kappa shape index (κ3) is 2.76. The molecule has 1 saturated heterocycles. The Labute approximate surface area is 142 Å². The molecule has 1 atom stereocenters. The highest BCUT2D eigenvalue weighted by atomic mass is 19.1. The Morgan fingerprint density at radius 3 is 2.38 bits per heavy atom. The largest absolute Gasteiger partial charge is 0.495 e. The van der Waals surface area contributed by atoms with Crippen molar-refractivity contribution in [2.45, 2.75) is 58.7 Å². The van der Waals surface area contributed by atoms with Crippen LogP contribution in [0, 0.1) is 11.7 Å². The van der Waals surface area contributed by atoms with E-state index >= 15 is 0 Å². The normalized spacial score (nSPS) is 24.1. The number of rotatable bonds is 3. The molecule has 1 aliphatic heterocycles. The van der Waals surface area contributed by atoms with E-state index in [0.717, 1.165) is 11.0 Å². The minimum absolute atomic E-state index is 0.270. The number of benzene rings is 1. The van der Waals surface area contributed by atoms with E-state index in [9.17, 15) is 9.18 Å². The lowest BCUT2D eigenvalue weighted by Crippen LogP contribution is -2.41. The van der Waals surface area contributed by atoms with Crippen LogP contribution in [-0.4, -0.2) is 30.9 Å². The van der Waals surface area contributed by atoms with Gasteiger partial charge in [0.05, 0.1) is 23.7 Å². The van der Waals surface area contributed by atoms with Gasteiger partial charge in [-0.2, -0.15) is 0 Å². The summed E-state index contributed by atoms with van der Waals surface area (Å²) in [4.78, 5) is 12.1. The zero-order valence-corrected chi connectivity index (χ0v) is 14.9. The number of carbonyl (C=O) groups is 1. The molecular weight excluding hydrogens is 310 g/mol. The summed E-state index contributed by atoms with van der Waals surface area (Å²) < 4.78 is 31.6. The first-order valence-corrected chi connectivity index (χ1v) is 8.48. The molecule has 0 amide bonds. The van der Waals surface area contributed by atoms with E-state index in [1.54, 1.807) is 13.0 Å². The number of hydrogen-bond acceptors (Lipinski definition) is 4. The first-order valence-electron chi connectivity index (χ1n) is 8.48. The fourth-order valence-electron chi connectivity index (χ4n) is 3.33. The van der Waals surface area contributed by atoms with Crippen LogP contribution in [0.5, 0.6) is 0 Å². The number of fused-ring (bicyclic) bond motifs is 1. The number of hydrogen-bond donors (Lipinski definition) is 0. The lowest BCUT2D eigenvalue weighted by Gasteiger charge is -2.32. The predicted octanol–water partition coefficient (Wildman–Crippen LogP) is 2.40. The van der Waals surface area contributed by atoms with Crippen LogP contribution in [0.2, 0.25) is 0 Å². The van der Waals surface area contributed by atoms with Crippen molar-refractivity contribution in [2.24, 2.45) is 5.92 Å². The molecule has 24 heavy (non-hydrogen) atoms. The van der Waals surface area contributed by atoms with Gasteiger partial charge in [0, 0.05) is 0 Å². The molecular formula is C18H24BFO4. The third-order valence-corrected chi connectivity index (χ3v) is 5.44. The highest BCUT2D eigenvalue weighted by molar-refractivity contribution is 6.62. The molecule has 3 rings (SSSR count). The summed E-state index contributed by atoms with van der Waals surface area (Å²) in [6, 6.07) is 3.15. The molecule has 1 aromatic rings. The molecule has 1 unspecified atom stereocenters. The lowest BCUT2D eigenvalue weighted by atomic mass is 9.75. The van der Waals surface area contributed by atoms with Crippen molar-refractivity contribution in [3.05, 3.63) is 29.1 Å². The Balaban J connectivity index is 1.92. The van der Waals surface area contributed by atoms with Crippen molar-refractivity contribution in [1.29, 1.82) is 0 Å². The first kappa shape index (κ1) is 17.4. The van der Waals surface area contributed by atoms with Gasteiger partial charge in [0.15, 0.2) is 0 Å². The van der Waals surface area contributed by atoms with Crippen molar-refractivity contribution in [1.82, 2.24) is 0 Å². The molecule has 0 aromatic heterocycles. The molecule has 4 nitrogen and oxygen atoms in total. The first-order chi connectivity index (χ1) is 11.2. The van der Waals surface area contributed by atoms with Gasteiger partial charge in [0.2, 0.25) is 0 Å². The number of esters is 1. The average molecular weight is 334 g/mol. The van der Waals surface area contributed by atoms with E-state index in [-0.39, 0.29) is 17.7 Å². The van der Waals surface area contributed by atoms with E-state index in [1.807, 2.05) is 27.7 Å². The molecule has 2 aliphatic rings. The van der Waals surface area contributed by atoms with E-state index in [4.69, 9.17) is 14.0 Å². The van der Waals surface area contributed by atoms with E-state index < -0.39 is 18.3 Å². The number of halogens is 1. The van der Waals surface area contributed by atoms with Crippen LogP contribution in [0.15, 0.2) is 12.1 Å². The molecule has 0 N–H and O–H groups in total. The molecule has 0 bridgehead atoms. The summed E-state index contributed by atoms with van der Waals surface area (Å²) in [5.74, 6) is -0.886. The van der Waals surface area contributed by atoms with Gasteiger partial charge < -0.3 is 14.0 Å². The van der Waals surface area contributed by atoms with Crippen LogP contribution in [-0.2, 0) is 31.7 Å². The Morgan fingerprint density at radius 1 is 1.21 bits per heavy atom. The van der Waals surface area contributed by atoms with Gasteiger partial charge in [-0.25, -0.2) is 4.39 Å². The second-order valence-corrected chi connectivity index (χ2v) is 7.54. The molecule has 1 heterocycles. The maximum absolute atomic E-state index is 14.3. The summed E-state index contributed by atoms with van der Waals surface area (Å²) in [6.07, 6.45) is 0.832. The van der Waals surface area contributed by atoms with E-state index in [2.05, 4.69) is 0 Å². The van der Waals surface area contributed by atoms with Crippen LogP contribution in [0.3, 0.4) is 0 Å². The zero-order chi connectivity index (χ0) is 17.7. The second-order valence-electron chi connectivity index (χ2n) is 7.54. The summed E-state index contributed by atoms with van der Waals surface area (Å²) in [5, 5.41) is 0. The van der Waals surface area contributed by atoms with Crippen LogP contribution >= 0.6 is 0 Å².